The van der Waals surface area contributed by atoms with Crippen LogP contribution < -0.4 is 14.8 Å². The van der Waals surface area contributed by atoms with E-state index in [1.54, 1.807) is 24.0 Å². The van der Waals surface area contributed by atoms with Gasteiger partial charge < -0.3 is 15.2 Å². The number of sulfonamides is 1. The Hall–Kier alpha value is -1.75. The van der Waals surface area contributed by atoms with Crippen LogP contribution in [0.1, 0.15) is 58.4 Å². The maximum absolute atomic E-state index is 14.1. The van der Waals surface area contributed by atoms with E-state index in [1.165, 1.54) is 6.07 Å². The van der Waals surface area contributed by atoms with Crippen LogP contribution in [0.3, 0.4) is 0 Å². The highest BCUT2D eigenvalue weighted by Gasteiger charge is 2.47. The Morgan fingerprint density at radius 3 is 2.62 bits per heavy atom. The number of amides is 1. The number of aliphatic hydroxyl groups is 1. The van der Waals surface area contributed by atoms with Gasteiger partial charge in [0.15, 0.2) is 17.9 Å². The predicted molar refractivity (Wildman–Crippen MR) is 119 cm³/mol. The quantitative estimate of drug-likeness (QED) is 0.403. The van der Waals surface area contributed by atoms with Gasteiger partial charge in [0.1, 0.15) is 0 Å². The smallest absolute Gasteiger partial charge is 0.240 e. The van der Waals surface area contributed by atoms with Crippen molar-refractivity contribution in [2.75, 3.05) is 18.9 Å². The van der Waals surface area contributed by atoms with Gasteiger partial charge in [-0.2, -0.15) is 0 Å². The van der Waals surface area contributed by atoms with Gasteiger partial charge in [0.2, 0.25) is 15.9 Å². The average molecular weight is 472 g/mol. The fraction of sp³-hybridized carbons (Fsp3) is 0.682. The van der Waals surface area contributed by atoms with Gasteiger partial charge in [-0.1, -0.05) is 26.3 Å². The Morgan fingerprint density at radius 1 is 1.31 bits per heavy atom. The van der Waals surface area contributed by atoms with E-state index in [1.807, 2.05) is 13.8 Å². The molecular weight excluding hydrogens is 437 g/mol. The summed E-state index contributed by atoms with van der Waals surface area (Å²) in [6, 6.07) is 4.15. The Morgan fingerprint density at radius 2 is 2.03 bits per heavy atom. The predicted octanol–water partition coefficient (Wildman–Crippen LogP) is 2.04. The summed E-state index contributed by atoms with van der Waals surface area (Å²) in [5.41, 5.74) is 0.0271. The Bertz CT molecular complexity index is 920. The van der Waals surface area contributed by atoms with Crippen LogP contribution in [-0.2, 0) is 20.4 Å². The molecule has 2 atom stereocenters. The van der Waals surface area contributed by atoms with Crippen molar-refractivity contribution >= 4 is 15.9 Å². The number of hydrogen-bond acceptors (Lipinski definition) is 6. The van der Waals surface area contributed by atoms with E-state index in [2.05, 4.69) is 10.0 Å². The van der Waals surface area contributed by atoms with Crippen LogP contribution in [0.2, 0.25) is 0 Å². The van der Waals surface area contributed by atoms with Crippen molar-refractivity contribution in [2.24, 2.45) is 5.92 Å². The average Bonchev–Trinajstić information content (AvgIpc) is 3.43. The van der Waals surface area contributed by atoms with Crippen LogP contribution in [0.4, 0.5) is 4.39 Å². The summed E-state index contributed by atoms with van der Waals surface area (Å²) >= 11 is 0. The topological polar surface area (TPSA) is 108 Å². The highest BCUT2D eigenvalue weighted by molar-refractivity contribution is 7.89. The maximum atomic E-state index is 14.1. The molecule has 1 aliphatic heterocycles. The molecule has 2 aliphatic rings. The largest absolute Gasteiger partial charge is 0.490 e. The molecule has 8 nitrogen and oxygen atoms in total. The summed E-state index contributed by atoms with van der Waals surface area (Å²) in [6.45, 7) is 6.57. The molecule has 1 amide bonds. The van der Waals surface area contributed by atoms with E-state index >= 15 is 0 Å². The molecule has 32 heavy (non-hydrogen) atoms. The summed E-state index contributed by atoms with van der Waals surface area (Å²) in [7, 11) is -3.52. The third-order valence-corrected chi connectivity index (χ3v) is 7.48. The molecule has 1 aromatic rings. The van der Waals surface area contributed by atoms with Crippen LogP contribution in [0.5, 0.6) is 5.75 Å². The third kappa shape index (κ3) is 6.18. The molecule has 10 heteroatoms. The van der Waals surface area contributed by atoms with Crippen LogP contribution in [0.25, 0.3) is 0 Å². The molecule has 0 spiro atoms. The van der Waals surface area contributed by atoms with Gasteiger partial charge in [0.25, 0.3) is 0 Å². The number of halogens is 1. The van der Waals surface area contributed by atoms with Crippen molar-refractivity contribution < 1.29 is 27.4 Å². The lowest BCUT2D eigenvalue weighted by atomic mass is 10.1. The minimum absolute atomic E-state index is 0.0120. The van der Waals surface area contributed by atoms with Crippen LogP contribution in [0, 0.1) is 11.7 Å². The number of carbonyl (C=O) groups excluding carboxylic acids is 1. The number of benzene rings is 1. The van der Waals surface area contributed by atoms with Crippen molar-refractivity contribution in [3.8, 4) is 5.75 Å². The second-order valence-corrected chi connectivity index (χ2v) is 11.1. The number of unbranched alkanes of at least 4 members (excludes halogenated alkanes) is 2. The van der Waals surface area contributed by atoms with Crippen molar-refractivity contribution in [3.63, 3.8) is 0 Å². The lowest BCUT2D eigenvalue weighted by Crippen LogP contribution is -2.38. The van der Waals surface area contributed by atoms with Gasteiger partial charge in [-0.3, -0.25) is 4.79 Å². The second-order valence-electron chi connectivity index (χ2n) is 9.21. The monoisotopic (exact) mass is 471 g/mol. The summed E-state index contributed by atoms with van der Waals surface area (Å²) in [4.78, 5) is 13.2. The first-order chi connectivity index (χ1) is 15.0. The molecule has 0 bridgehead atoms. The van der Waals surface area contributed by atoms with E-state index in [4.69, 9.17) is 4.74 Å². The molecule has 1 saturated carbocycles. The summed E-state index contributed by atoms with van der Waals surface area (Å²) in [6.07, 6.45) is 2.13. The molecule has 180 valence electrons. The zero-order valence-electron chi connectivity index (χ0n) is 18.9. The van der Waals surface area contributed by atoms with Gasteiger partial charge in [0.05, 0.1) is 23.9 Å². The third-order valence-electron chi connectivity index (χ3n) is 5.95. The number of ether oxygens (including phenoxy) is 1. The Labute approximate surface area is 189 Å². The molecule has 2 fully saturated rings. The molecule has 1 aromatic carbocycles. The number of carbonyl (C=O) groups is 1. The first-order valence-corrected chi connectivity index (χ1v) is 12.9. The normalized spacial score (nSPS) is 22.9. The fourth-order valence-corrected chi connectivity index (χ4v) is 5.47. The van der Waals surface area contributed by atoms with Crippen molar-refractivity contribution in [2.45, 2.75) is 70.8 Å². The van der Waals surface area contributed by atoms with E-state index < -0.39 is 33.8 Å². The molecular formula is C22H34FN3O5S. The summed E-state index contributed by atoms with van der Waals surface area (Å²) in [5, 5.41) is 12.3. The highest BCUT2D eigenvalue weighted by atomic mass is 32.2. The minimum Gasteiger partial charge on any atom is -0.490 e. The first kappa shape index (κ1) is 24.9. The molecule has 3 rings (SSSR count). The number of rotatable bonds is 12. The molecule has 1 heterocycles. The van der Waals surface area contributed by atoms with E-state index in [0.717, 1.165) is 5.56 Å². The zero-order chi connectivity index (χ0) is 23.5. The van der Waals surface area contributed by atoms with Gasteiger partial charge in [-0.05, 0) is 56.2 Å². The standard InChI is InChI=1S/C22H34FN3O5S/c1-15(2)14-31-19-13-17(7-8-18(19)23)22(9-10-22)25-32(29,30)12-6-4-5-11-26-16(3)20(27)24-21(26)28/h7-8,13,15-16,21,25,28H,4-6,9-12,14H2,1-3H3,(H,24,27)/t16-,21?/m0/s1. The second kappa shape index (κ2) is 10.0. The Kier molecular flexibility index (Phi) is 7.80. The molecule has 3 N–H and O–H groups in total. The summed E-state index contributed by atoms with van der Waals surface area (Å²) in [5.74, 6) is -0.282. The van der Waals surface area contributed by atoms with Gasteiger partial charge in [-0.25, -0.2) is 22.4 Å². The zero-order valence-corrected chi connectivity index (χ0v) is 19.8. The van der Waals surface area contributed by atoms with E-state index in [-0.39, 0.29) is 23.3 Å². The lowest BCUT2D eigenvalue weighted by Gasteiger charge is -2.22. The number of nitrogens with one attached hydrogen (secondary N) is 2. The fourth-order valence-electron chi connectivity index (χ4n) is 3.86. The Balaban J connectivity index is 1.49. The van der Waals surface area contributed by atoms with Crippen LogP contribution >= 0.6 is 0 Å². The number of hydrogen-bond donors (Lipinski definition) is 3. The van der Waals surface area contributed by atoms with Crippen LogP contribution in [0.15, 0.2) is 18.2 Å². The highest BCUT2D eigenvalue weighted by Crippen LogP contribution is 2.47. The van der Waals surface area contributed by atoms with Crippen molar-refractivity contribution in [3.05, 3.63) is 29.6 Å². The molecule has 0 aromatic heterocycles. The van der Waals surface area contributed by atoms with Crippen LogP contribution in [-0.4, -0.2) is 55.6 Å². The SMILES string of the molecule is CC(C)COc1cc(C2(NS(=O)(=O)CCCCCN3C(O)NC(=O)[C@@H]3C)CC2)ccc1F. The van der Waals surface area contributed by atoms with Gasteiger partial charge >= 0.3 is 0 Å². The molecule has 1 aliphatic carbocycles. The van der Waals surface area contributed by atoms with E-state index in [0.29, 0.717) is 45.3 Å². The first-order valence-electron chi connectivity index (χ1n) is 11.2. The van der Waals surface area contributed by atoms with Crippen molar-refractivity contribution in [1.82, 2.24) is 14.9 Å². The van der Waals surface area contributed by atoms with E-state index in [9.17, 15) is 22.7 Å². The molecule has 1 unspecified atom stereocenters. The maximum Gasteiger partial charge on any atom is 0.240 e. The van der Waals surface area contributed by atoms with Crippen molar-refractivity contribution in [1.29, 1.82) is 0 Å². The number of aliphatic hydroxyl groups excluding tert-OH is 1. The van der Waals surface area contributed by atoms with Gasteiger partial charge in [0, 0.05) is 6.54 Å². The minimum atomic E-state index is -3.52. The lowest BCUT2D eigenvalue weighted by molar-refractivity contribution is -0.121. The number of nitrogens with zero attached hydrogens (tertiary/aromatic N) is 1. The molecule has 0 radical (unpaired) electrons. The van der Waals surface area contributed by atoms with Gasteiger partial charge in [-0.15, -0.1) is 0 Å². The summed E-state index contributed by atoms with van der Waals surface area (Å²) < 4.78 is 47.8. The molecule has 1 saturated heterocycles.